The summed E-state index contributed by atoms with van der Waals surface area (Å²) in [6.45, 7) is 4.95. The molecule has 0 radical (unpaired) electrons. The van der Waals surface area contributed by atoms with Gasteiger partial charge in [-0.1, -0.05) is 18.2 Å². The molecule has 28 heavy (non-hydrogen) atoms. The third-order valence-electron chi connectivity index (χ3n) is 4.44. The fourth-order valence-electron chi connectivity index (χ4n) is 2.85. The van der Waals surface area contributed by atoms with Crippen molar-refractivity contribution in [2.45, 2.75) is 19.1 Å². The number of nitriles is 1. The number of ether oxygens (including phenoxy) is 3. The minimum atomic E-state index is -0.735. The van der Waals surface area contributed by atoms with E-state index in [9.17, 15) is 9.18 Å². The zero-order valence-electron chi connectivity index (χ0n) is 15.3. The maximum atomic E-state index is 13.6. The Balaban J connectivity index is 1.58. The highest BCUT2D eigenvalue weighted by Gasteiger charge is 2.23. The number of nitrogens with zero attached hydrogens (tertiary/aromatic N) is 1. The highest BCUT2D eigenvalue weighted by molar-refractivity contribution is 5.91. The van der Waals surface area contributed by atoms with Gasteiger partial charge in [0.05, 0.1) is 24.3 Å². The van der Waals surface area contributed by atoms with Crippen molar-refractivity contribution >= 4 is 5.97 Å². The fourth-order valence-corrected chi connectivity index (χ4v) is 2.85. The van der Waals surface area contributed by atoms with E-state index < -0.39 is 18.1 Å². The Morgan fingerprint density at radius 3 is 2.57 bits per heavy atom. The second kappa shape index (κ2) is 9.27. The van der Waals surface area contributed by atoms with Gasteiger partial charge in [0, 0.05) is 17.5 Å². The molecule has 0 spiro atoms. The van der Waals surface area contributed by atoms with Crippen LogP contribution in [0.1, 0.15) is 40.6 Å². The quantitative estimate of drug-likeness (QED) is 0.417. The third-order valence-corrected chi connectivity index (χ3v) is 4.44. The summed E-state index contributed by atoms with van der Waals surface area (Å²) >= 11 is 0. The second-order valence-corrected chi connectivity index (χ2v) is 6.50. The van der Waals surface area contributed by atoms with Gasteiger partial charge < -0.3 is 14.2 Å². The summed E-state index contributed by atoms with van der Waals surface area (Å²) in [6.07, 6.45) is 3.34. The first-order valence-corrected chi connectivity index (χ1v) is 8.96. The first-order chi connectivity index (χ1) is 13.6. The molecule has 0 amide bonds. The monoisotopic (exact) mass is 381 g/mol. The molecule has 0 aliphatic carbocycles. The van der Waals surface area contributed by atoms with E-state index >= 15 is 0 Å². The van der Waals surface area contributed by atoms with Crippen LogP contribution >= 0.6 is 0 Å². The van der Waals surface area contributed by atoms with Gasteiger partial charge in [0.25, 0.3) is 0 Å². The Morgan fingerprint density at radius 2 is 1.96 bits per heavy atom. The third kappa shape index (κ3) is 4.83. The lowest BCUT2D eigenvalue weighted by Crippen LogP contribution is -2.27. The van der Waals surface area contributed by atoms with Gasteiger partial charge >= 0.3 is 5.97 Å². The molecule has 0 atom stereocenters. The molecular formula is C22H20FNO4. The van der Waals surface area contributed by atoms with Crippen molar-refractivity contribution in [1.29, 1.82) is 5.26 Å². The molecule has 0 aromatic heterocycles. The van der Waals surface area contributed by atoms with Crippen molar-refractivity contribution in [2.75, 3.05) is 13.2 Å². The molecular weight excluding hydrogens is 361 g/mol. The van der Waals surface area contributed by atoms with Gasteiger partial charge in [0.2, 0.25) is 0 Å². The topological polar surface area (TPSA) is 68.5 Å². The van der Waals surface area contributed by atoms with E-state index in [0.29, 0.717) is 24.7 Å². The van der Waals surface area contributed by atoms with Crippen LogP contribution < -0.4 is 4.74 Å². The lowest BCUT2D eigenvalue weighted by molar-refractivity contribution is -0.205. The van der Waals surface area contributed by atoms with Crippen LogP contribution in [-0.4, -0.2) is 19.2 Å². The number of benzene rings is 2. The summed E-state index contributed by atoms with van der Waals surface area (Å²) in [6, 6.07) is 12.1. The molecule has 0 N–H and O–H groups in total. The van der Waals surface area contributed by atoms with Gasteiger partial charge in [0.1, 0.15) is 17.6 Å². The van der Waals surface area contributed by atoms with E-state index in [2.05, 4.69) is 6.58 Å². The molecule has 1 saturated heterocycles. The number of carbonyl (C=O) groups is 1. The van der Waals surface area contributed by atoms with Crippen molar-refractivity contribution < 1.29 is 23.4 Å². The van der Waals surface area contributed by atoms with Crippen LogP contribution in [0.2, 0.25) is 0 Å². The molecule has 6 heteroatoms. The standard InChI is InChI=1S/C22H20FNO4/c1-2-3-4-15-13-26-22(27-14-15)17-7-5-16(6-8-17)21(25)28-19-10-9-18(12-24)20(23)11-19/h2,5-11,15,22H,1,3-4,13-14H2/t15-,22-. The number of carbonyl (C=O) groups excluding carboxylic acids is 1. The van der Waals surface area contributed by atoms with Crippen LogP contribution in [0.15, 0.2) is 55.1 Å². The zero-order chi connectivity index (χ0) is 19.9. The fraction of sp³-hybridized carbons (Fsp3) is 0.273. The van der Waals surface area contributed by atoms with Crippen molar-refractivity contribution in [1.82, 2.24) is 0 Å². The van der Waals surface area contributed by atoms with Crippen LogP contribution in [-0.2, 0) is 9.47 Å². The number of rotatable bonds is 6. The van der Waals surface area contributed by atoms with E-state index in [1.54, 1.807) is 30.3 Å². The number of esters is 1. The first kappa shape index (κ1) is 19.7. The maximum Gasteiger partial charge on any atom is 0.343 e. The van der Waals surface area contributed by atoms with Crippen LogP contribution in [0.25, 0.3) is 0 Å². The van der Waals surface area contributed by atoms with Crippen molar-refractivity contribution in [3.63, 3.8) is 0 Å². The van der Waals surface area contributed by atoms with E-state index in [0.717, 1.165) is 24.5 Å². The van der Waals surface area contributed by atoms with Crippen LogP contribution in [0.4, 0.5) is 4.39 Å². The molecule has 0 unspecified atom stereocenters. The van der Waals surface area contributed by atoms with E-state index in [1.165, 1.54) is 12.1 Å². The molecule has 1 heterocycles. The normalized spacial score (nSPS) is 18.9. The van der Waals surface area contributed by atoms with E-state index in [4.69, 9.17) is 19.5 Å². The SMILES string of the molecule is C=CCC[C@H]1CO[C@H](c2ccc(C(=O)Oc3ccc(C#N)c(F)c3)cc2)OC1. The summed E-state index contributed by atoms with van der Waals surface area (Å²) < 4.78 is 30.3. The lowest BCUT2D eigenvalue weighted by Gasteiger charge is -2.29. The molecule has 144 valence electrons. The van der Waals surface area contributed by atoms with E-state index in [-0.39, 0.29) is 11.3 Å². The van der Waals surface area contributed by atoms with Crippen molar-refractivity contribution in [2.24, 2.45) is 5.92 Å². The predicted octanol–water partition coefficient (Wildman–Crippen LogP) is 4.54. The minimum absolute atomic E-state index is 0.0371. The van der Waals surface area contributed by atoms with Crippen LogP contribution in [0, 0.1) is 23.1 Å². The van der Waals surface area contributed by atoms with Gasteiger partial charge in [-0.2, -0.15) is 5.26 Å². The molecule has 1 aliphatic rings. The summed E-state index contributed by atoms with van der Waals surface area (Å²) in [7, 11) is 0. The molecule has 0 bridgehead atoms. The zero-order valence-corrected chi connectivity index (χ0v) is 15.3. The number of hydrogen-bond donors (Lipinski definition) is 0. The van der Waals surface area contributed by atoms with Gasteiger partial charge in [-0.15, -0.1) is 6.58 Å². The Morgan fingerprint density at radius 1 is 1.25 bits per heavy atom. The Bertz CT molecular complexity index is 880. The van der Waals surface area contributed by atoms with Gasteiger partial charge in [-0.05, 0) is 37.1 Å². The maximum absolute atomic E-state index is 13.6. The number of halogens is 1. The summed E-state index contributed by atoms with van der Waals surface area (Å²) in [5.74, 6) is -0.960. The van der Waals surface area contributed by atoms with E-state index in [1.807, 2.05) is 6.08 Å². The Kier molecular flexibility index (Phi) is 6.53. The highest BCUT2D eigenvalue weighted by atomic mass is 19.1. The average molecular weight is 381 g/mol. The Hall–Kier alpha value is -3.01. The average Bonchev–Trinajstić information content (AvgIpc) is 2.73. The van der Waals surface area contributed by atoms with Crippen LogP contribution in [0.3, 0.4) is 0 Å². The Labute approximate surface area is 163 Å². The lowest BCUT2D eigenvalue weighted by atomic mass is 10.0. The predicted molar refractivity (Wildman–Crippen MR) is 100 cm³/mol. The highest BCUT2D eigenvalue weighted by Crippen LogP contribution is 2.27. The summed E-state index contributed by atoms with van der Waals surface area (Å²) in [5.41, 5.74) is 1.01. The molecule has 2 aromatic rings. The number of hydrogen-bond acceptors (Lipinski definition) is 5. The largest absolute Gasteiger partial charge is 0.423 e. The van der Waals surface area contributed by atoms with Crippen molar-refractivity contribution in [3.8, 4) is 11.8 Å². The molecule has 5 nitrogen and oxygen atoms in total. The first-order valence-electron chi connectivity index (χ1n) is 8.96. The smallest absolute Gasteiger partial charge is 0.343 e. The minimum Gasteiger partial charge on any atom is -0.423 e. The molecule has 1 aliphatic heterocycles. The summed E-state index contributed by atoms with van der Waals surface area (Å²) in [4.78, 5) is 12.2. The van der Waals surface area contributed by atoms with Crippen LogP contribution in [0.5, 0.6) is 5.75 Å². The molecule has 2 aromatic carbocycles. The molecule has 0 saturated carbocycles. The number of allylic oxidation sites excluding steroid dienone is 1. The van der Waals surface area contributed by atoms with Crippen molar-refractivity contribution in [3.05, 3.63) is 77.6 Å². The summed E-state index contributed by atoms with van der Waals surface area (Å²) in [5, 5.41) is 8.73. The van der Waals surface area contributed by atoms with Gasteiger partial charge in [-0.3, -0.25) is 0 Å². The second-order valence-electron chi connectivity index (χ2n) is 6.50. The molecule has 1 fully saturated rings. The van der Waals surface area contributed by atoms with Gasteiger partial charge in [-0.25, -0.2) is 9.18 Å². The van der Waals surface area contributed by atoms with Gasteiger partial charge in [0.15, 0.2) is 6.29 Å². The molecule has 3 rings (SSSR count).